The summed E-state index contributed by atoms with van der Waals surface area (Å²) < 4.78 is 33.6. The largest absolute Gasteiger partial charge is 0.374 e. The number of sulfonamides is 1. The van der Waals surface area contributed by atoms with Gasteiger partial charge in [-0.1, -0.05) is 6.07 Å². The number of thiophene rings is 1. The van der Waals surface area contributed by atoms with Crippen molar-refractivity contribution in [3.63, 3.8) is 0 Å². The first kappa shape index (κ1) is 16.4. The second-order valence-electron chi connectivity index (χ2n) is 6.27. The molecule has 7 heteroatoms. The Hall–Kier alpha value is -0.470. The molecule has 2 fully saturated rings. The molecule has 2 unspecified atom stereocenters. The highest BCUT2D eigenvalue weighted by molar-refractivity contribution is 7.91. The van der Waals surface area contributed by atoms with Gasteiger partial charge in [0.25, 0.3) is 0 Å². The second kappa shape index (κ2) is 6.97. The van der Waals surface area contributed by atoms with E-state index in [-0.39, 0.29) is 6.04 Å². The van der Waals surface area contributed by atoms with Crippen molar-refractivity contribution in [2.24, 2.45) is 0 Å². The van der Waals surface area contributed by atoms with E-state index >= 15 is 0 Å². The summed E-state index contributed by atoms with van der Waals surface area (Å²) in [5.74, 6) is 0. The first-order valence-electron chi connectivity index (χ1n) is 7.96. The van der Waals surface area contributed by atoms with Crippen LogP contribution < -0.4 is 4.72 Å². The fourth-order valence-corrected chi connectivity index (χ4v) is 5.55. The van der Waals surface area contributed by atoms with E-state index in [0.717, 1.165) is 45.3 Å². The van der Waals surface area contributed by atoms with Gasteiger partial charge in [-0.3, -0.25) is 0 Å². The maximum absolute atomic E-state index is 12.2. The van der Waals surface area contributed by atoms with Crippen molar-refractivity contribution in [2.45, 2.75) is 55.1 Å². The van der Waals surface area contributed by atoms with Crippen molar-refractivity contribution < 1.29 is 13.2 Å². The lowest BCUT2D eigenvalue weighted by molar-refractivity contribution is 0.0261. The van der Waals surface area contributed by atoms with Crippen LogP contribution in [0, 0.1) is 0 Å². The molecule has 0 saturated carbocycles. The zero-order valence-electron chi connectivity index (χ0n) is 12.9. The normalized spacial score (nSPS) is 28.2. The molecule has 22 heavy (non-hydrogen) atoms. The Kier molecular flexibility index (Phi) is 5.19. The SMILES string of the molecule is CC1CCC(CN2CCC(NS(=O)(=O)c3cccs3)CC2)O1. The van der Waals surface area contributed by atoms with Gasteiger partial charge in [0, 0.05) is 12.6 Å². The smallest absolute Gasteiger partial charge is 0.250 e. The third-order valence-electron chi connectivity index (χ3n) is 4.45. The van der Waals surface area contributed by atoms with Gasteiger partial charge in [0.1, 0.15) is 4.21 Å². The number of nitrogens with one attached hydrogen (secondary N) is 1. The Labute approximate surface area is 136 Å². The Morgan fingerprint density at radius 1 is 1.32 bits per heavy atom. The molecule has 0 bridgehead atoms. The van der Waals surface area contributed by atoms with Crippen LogP contribution in [-0.2, 0) is 14.8 Å². The Bertz CT molecular complexity index is 566. The van der Waals surface area contributed by atoms with E-state index in [4.69, 9.17) is 4.74 Å². The summed E-state index contributed by atoms with van der Waals surface area (Å²) in [5.41, 5.74) is 0. The average Bonchev–Trinajstić information content (AvgIpc) is 3.13. The number of likely N-dealkylation sites (tertiary alicyclic amines) is 1. The van der Waals surface area contributed by atoms with Gasteiger partial charge in [-0.2, -0.15) is 0 Å². The average molecular weight is 345 g/mol. The van der Waals surface area contributed by atoms with Crippen LogP contribution in [0.4, 0.5) is 0 Å². The molecule has 2 aliphatic rings. The molecule has 3 rings (SSSR count). The minimum Gasteiger partial charge on any atom is -0.374 e. The van der Waals surface area contributed by atoms with Crippen molar-refractivity contribution in [3.05, 3.63) is 17.5 Å². The van der Waals surface area contributed by atoms with Crippen molar-refractivity contribution >= 4 is 21.4 Å². The molecule has 2 aliphatic heterocycles. The highest BCUT2D eigenvalue weighted by Crippen LogP contribution is 2.22. The van der Waals surface area contributed by atoms with Gasteiger partial charge in [-0.05, 0) is 57.1 Å². The van der Waals surface area contributed by atoms with E-state index < -0.39 is 10.0 Å². The van der Waals surface area contributed by atoms with E-state index in [1.54, 1.807) is 17.5 Å². The molecule has 0 aliphatic carbocycles. The topological polar surface area (TPSA) is 58.6 Å². The van der Waals surface area contributed by atoms with Crippen LogP contribution in [0.25, 0.3) is 0 Å². The molecule has 0 aromatic carbocycles. The summed E-state index contributed by atoms with van der Waals surface area (Å²) in [6.45, 7) is 4.98. The number of hydrogen-bond acceptors (Lipinski definition) is 5. The van der Waals surface area contributed by atoms with Crippen LogP contribution in [0.1, 0.15) is 32.6 Å². The van der Waals surface area contributed by atoms with E-state index in [1.165, 1.54) is 11.3 Å². The summed E-state index contributed by atoms with van der Waals surface area (Å²) >= 11 is 1.26. The molecule has 1 N–H and O–H groups in total. The van der Waals surface area contributed by atoms with Crippen LogP contribution in [-0.4, -0.2) is 51.2 Å². The summed E-state index contributed by atoms with van der Waals surface area (Å²) in [5, 5.41) is 1.79. The van der Waals surface area contributed by atoms with Gasteiger partial charge in [-0.15, -0.1) is 11.3 Å². The van der Waals surface area contributed by atoms with Gasteiger partial charge < -0.3 is 9.64 Å². The first-order chi connectivity index (χ1) is 10.5. The monoisotopic (exact) mass is 344 g/mol. The number of ether oxygens (including phenoxy) is 1. The summed E-state index contributed by atoms with van der Waals surface area (Å²) in [6, 6.07) is 3.47. The Balaban J connectivity index is 1.46. The van der Waals surface area contributed by atoms with Gasteiger partial charge in [0.2, 0.25) is 10.0 Å². The molecule has 124 valence electrons. The second-order valence-corrected chi connectivity index (χ2v) is 9.16. The van der Waals surface area contributed by atoms with E-state index in [0.29, 0.717) is 16.4 Å². The van der Waals surface area contributed by atoms with Crippen molar-refractivity contribution in [1.29, 1.82) is 0 Å². The quantitative estimate of drug-likeness (QED) is 0.888. The predicted octanol–water partition coefficient (Wildman–Crippen LogP) is 2.06. The van der Waals surface area contributed by atoms with Crippen molar-refractivity contribution in [2.75, 3.05) is 19.6 Å². The maximum atomic E-state index is 12.2. The van der Waals surface area contributed by atoms with E-state index in [1.807, 2.05) is 0 Å². The maximum Gasteiger partial charge on any atom is 0.250 e. The highest BCUT2D eigenvalue weighted by atomic mass is 32.2. The fourth-order valence-electron chi connectivity index (χ4n) is 3.23. The molecule has 0 spiro atoms. The lowest BCUT2D eigenvalue weighted by Gasteiger charge is -2.33. The zero-order valence-corrected chi connectivity index (χ0v) is 14.5. The number of rotatable bonds is 5. The molecule has 2 atom stereocenters. The van der Waals surface area contributed by atoms with Gasteiger partial charge in [0.15, 0.2) is 0 Å². The first-order valence-corrected chi connectivity index (χ1v) is 10.3. The van der Waals surface area contributed by atoms with Crippen molar-refractivity contribution in [3.8, 4) is 0 Å². The van der Waals surface area contributed by atoms with Crippen LogP contribution in [0.2, 0.25) is 0 Å². The summed E-state index contributed by atoms with van der Waals surface area (Å²) in [7, 11) is -3.34. The summed E-state index contributed by atoms with van der Waals surface area (Å²) in [4.78, 5) is 2.40. The molecular weight excluding hydrogens is 320 g/mol. The zero-order chi connectivity index (χ0) is 15.6. The van der Waals surface area contributed by atoms with Gasteiger partial charge >= 0.3 is 0 Å². The lowest BCUT2D eigenvalue weighted by atomic mass is 10.1. The fraction of sp³-hybridized carbons (Fsp3) is 0.733. The highest BCUT2D eigenvalue weighted by Gasteiger charge is 2.28. The van der Waals surface area contributed by atoms with Crippen LogP contribution in [0.5, 0.6) is 0 Å². The molecule has 1 aromatic heterocycles. The van der Waals surface area contributed by atoms with Gasteiger partial charge in [-0.25, -0.2) is 13.1 Å². The summed E-state index contributed by atoms with van der Waals surface area (Å²) in [6.07, 6.45) is 4.78. The molecule has 5 nitrogen and oxygen atoms in total. The molecule has 2 saturated heterocycles. The molecule has 0 amide bonds. The number of hydrogen-bond donors (Lipinski definition) is 1. The van der Waals surface area contributed by atoms with Gasteiger partial charge in [0.05, 0.1) is 12.2 Å². The minimum atomic E-state index is -3.34. The molecule has 3 heterocycles. The molecular formula is C15H24N2O3S2. The number of nitrogens with zero attached hydrogens (tertiary/aromatic N) is 1. The molecule has 1 aromatic rings. The van der Waals surface area contributed by atoms with E-state index in [9.17, 15) is 8.42 Å². The minimum absolute atomic E-state index is 0.0479. The van der Waals surface area contributed by atoms with Crippen LogP contribution in [0.15, 0.2) is 21.7 Å². The Morgan fingerprint density at radius 3 is 2.68 bits per heavy atom. The third kappa shape index (κ3) is 4.08. The van der Waals surface area contributed by atoms with Crippen LogP contribution in [0.3, 0.4) is 0 Å². The lowest BCUT2D eigenvalue weighted by Crippen LogP contribution is -2.46. The Morgan fingerprint density at radius 2 is 2.09 bits per heavy atom. The van der Waals surface area contributed by atoms with Crippen molar-refractivity contribution in [1.82, 2.24) is 9.62 Å². The van der Waals surface area contributed by atoms with E-state index in [2.05, 4.69) is 16.5 Å². The third-order valence-corrected chi connectivity index (χ3v) is 7.37. The van der Waals surface area contributed by atoms with Crippen LogP contribution >= 0.6 is 11.3 Å². The standard InChI is InChI=1S/C15H24N2O3S2/c1-12-4-5-14(20-12)11-17-8-6-13(7-9-17)16-22(18,19)15-3-2-10-21-15/h2-3,10,12-14,16H,4-9,11H2,1H3. The predicted molar refractivity (Wildman–Crippen MR) is 87.7 cm³/mol. The number of piperidine rings is 1. The molecule has 0 radical (unpaired) electrons.